The largest absolute Gasteiger partial charge is 0.370 e. The number of anilines is 2. The van der Waals surface area contributed by atoms with Crippen molar-refractivity contribution in [2.24, 2.45) is 0 Å². The third-order valence-electron chi connectivity index (χ3n) is 5.09. The van der Waals surface area contributed by atoms with Gasteiger partial charge in [-0.1, -0.05) is 45.0 Å². The summed E-state index contributed by atoms with van der Waals surface area (Å²) in [6, 6.07) is 15.8. The molecule has 0 unspecified atom stereocenters. The van der Waals surface area contributed by atoms with Crippen LogP contribution in [-0.2, 0) is 5.41 Å². The first kappa shape index (κ1) is 20.3. The van der Waals surface area contributed by atoms with Crippen LogP contribution in [0.4, 0.5) is 11.4 Å². The number of carbonyl (C=O) groups excluding carboxylic acids is 1. The molecule has 1 aliphatic heterocycles. The Hall–Kier alpha value is -2.40. The molecule has 0 spiro atoms. The Bertz CT molecular complexity index is 834. The van der Waals surface area contributed by atoms with Crippen molar-refractivity contribution in [3.05, 3.63) is 59.7 Å². The van der Waals surface area contributed by atoms with Crippen molar-refractivity contribution in [3.8, 4) is 0 Å². The van der Waals surface area contributed by atoms with Crippen LogP contribution in [0.3, 0.4) is 0 Å². The highest BCUT2D eigenvalue weighted by molar-refractivity contribution is 7.80. The molecule has 0 saturated carbocycles. The Kier molecular flexibility index (Phi) is 6.35. The number of piperidine rings is 1. The molecule has 1 amide bonds. The molecule has 0 aromatic heterocycles. The fraction of sp³-hybridized carbons (Fsp3) is 0.391. The van der Waals surface area contributed by atoms with Gasteiger partial charge >= 0.3 is 0 Å². The second-order valence-electron chi connectivity index (χ2n) is 8.30. The number of benzene rings is 2. The van der Waals surface area contributed by atoms with Gasteiger partial charge in [-0.3, -0.25) is 10.1 Å². The summed E-state index contributed by atoms with van der Waals surface area (Å²) in [5.41, 5.74) is 3.91. The van der Waals surface area contributed by atoms with Crippen LogP contribution in [0.25, 0.3) is 0 Å². The summed E-state index contributed by atoms with van der Waals surface area (Å²) in [4.78, 5) is 14.9. The van der Waals surface area contributed by atoms with E-state index in [0.717, 1.165) is 24.5 Å². The summed E-state index contributed by atoms with van der Waals surface area (Å²) in [5, 5.41) is 6.31. The van der Waals surface area contributed by atoms with Gasteiger partial charge in [0.15, 0.2) is 5.11 Å². The predicted molar refractivity (Wildman–Crippen MR) is 121 cm³/mol. The van der Waals surface area contributed by atoms with E-state index in [2.05, 4.69) is 42.4 Å². The van der Waals surface area contributed by atoms with Gasteiger partial charge in [-0.25, -0.2) is 0 Å². The minimum absolute atomic E-state index is 0.0595. The standard InChI is InChI=1S/C23H29N3OS/c1-23(2,3)18-13-11-17(12-14-18)21(27)25-22(28)24-19-9-5-6-10-20(19)26-15-7-4-8-16-26/h5-6,9-14H,4,7-8,15-16H2,1-3H3,(H2,24,25,27,28). The fourth-order valence-corrected chi connectivity index (χ4v) is 3.64. The number of nitrogens with zero attached hydrogens (tertiary/aromatic N) is 1. The molecular weight excluding hydrogens is 366 g/mol. The van der Waals surface area contributed by atoms with Crippen LogP contribution in [-0.4, -0.2) is 24.1 Å². The van der Waals surface area contributed by atoms with E-state index >= 15 is 0 Å². The normalized spacial score (nSPS) is 14.5. The fourth-order valence-electron chi connectivity index (χ4n) is 3.44. The van der Waals surface area contributed by atoms with E-state index in [4.69, 9.17) is 12.2 Å². The zero-order valence-corrected chi connectivity index (χ0v) is 17.7. The lowest BCUT2D eigenvalue weighted by Crippen LogP contribution is -2.35. The zero-order chi connectivity index (χ0) is 20.1. The Morgan fingerprint density at radius 3 is 2.25 bits per heavy atom. The molecule has 0 radical (unpaired) electrons. The highest BCUT2D eigenvalue weighted by Crippen LogP contribution is 2.28. The van der Waals surface area contributed by atoms with E-state index in [1.807, 2.05) is 42.5 Å². The van der Waals surface area contributed by atoms with Crippen molar-refractivity contribution in [2.75, 3.05) is 23.3 Å². The van der Waals surface area contributed by atoms with Crippen molar-refractivity contribution >= 4 is 34.6 Å². The summed E-state index contributed by atoms with van der Waals surface area (Å²) in [6.07, 6.45) is 3.70. The van der Waals surface area contributed by atoms with Gasteiger partial charge in [-0.2, -0.15) is 0 Å². The molecule has 1 fully saturated rings. The van der Waals surface area contributed by atoms with Crippen molar-refractivity contribution in [1.82, 2.24) is 5.32 Å². The molecular formula is C23H29N3OS. The van der Waals surface area contributed by atoms with Crippen LogP contribution < -0.4 is 15.5 Å². The van der Waals surface area contributed by atoms with Crippen LogP contribution in [0.15, 0.2) is 48.5 Å². The Morgan fingerprint density at radius 2 is 1.61 bits per heavy atom. The third kappa shape index (κ3) is 5.10. The lowest BCUT2D eigenvalue weighted by molar-refractivity contribution is 0.0977. The number of nitrogens with one attached hydrogen (secondary N) is 2. The molecule has 3 rings (SSSR count). The molecule has 1 saturated heterocycles. The summed E-state index contributed by atoms with van der Waals surface area (Å²) < 4.78 is 0. The molecule has 0 aliphatic carbocycles. The average Bonchev–Trinajstić information content (AvgIpc) is 2.68. The van der Waals surface area contributed by atoms with E-state index in [9.17, 15) is 4.79 Å². The second-order valence-corrected chi connectivity index (χ2v) is 8.71. The molecule has 4 nitrogen and oxygen atoms in total. The Balaban J connectivity index is 1.65. The number of para-hydroxylation sites is 2. The van der Waals surface area contributed by atoms with E-state index < -0.39 is 0 Å². The predicted octanol–water partition coefficient (Wildman–Crippen LogP) is 5.10. The number of amides is 1. The second kappa shape index (κ2) is 8.74. The molecule has 0 atom stereocenters. The van der Waals surface area contributed by atoms with Crippen molar-refractivity contribution in [3.63, 3.8) is 0 Å². The summed E-state index contributed by atoms with van der Waals surface area (Å²) >= 11 is 5.40. The van der Waals surface area contributed by atoms with Gasteiger partial charge < -0.3 is 10.2 Å². The highest BCUT2D eigenvalue weighted by Gasteiger charge is 2.17. The maximum atomic E-state index is 12.5. The van der Waals surface area contributed by atoms with Gasteiger partial charge in [0.25, 0.3) is 5.91 Å². The summed E-state index contributed by atoms with van der Waals surface area (Å²) in [5.74, 6) is -0.201. The molecule has 28 heavy (non-hydrogen) atoms. The minimum atomic E-state index is -0.201. The first-order valence-corrected chi connectivity index (χ1v) is 10.3. The van der Waals surface area contributed by atoms with E-state index in [-0.39, 0.29) is 11.3 Å². The van der Waals surface area contributed by atoms with E-state index in [1.54, 1.807) is 0 Å². The smallest absolute Gasteiger partial charge is 0.257 e. The number of hydrogen-bond acceptors (Lipinski definition) is 3. The summed E-state index contributed by atoms with van der Waals surface area (Å²) in [7, 11) is 0. The van der Waals surface area contributed by atoms with Gasteiger partial charge in [-0.15, -0.1) is 0 Å². The molecule has 5 heteroatoms. The summed E-state index contributed by atoms with van der Waals surface area (Å²) in [6.45, 7) is 8.57. The van der Waals surface area contributed by atoms with Crippen LogP contribution >= 0.6 is 12.2 Å². The van der Waals surface area contributed by atoms with Gasteiger partial charge in [0.2, 0.25) is 0 Å². The molecule has 1 aliphatic rings. The van der Waals surface area contributed by atoms with Crippen LogP contribution in [0, 0.1) is 0 Å². The van der Waals surface area contributed by atoms with Crippen molar-refractivity contribution < 1.29 is 4.79 Å². The maximum absolute atomic E-state index is 12.5. The first-order valence-electron chi connectivity index (χ1n) is 9.91. The van der Waals surface area contributed by atoms with Gasteiger partial charge in [0.1, 0.15) is 0 Å². The average molecular weight is 396 g/mol. The van der Waals surface area contributed by atoms with Gasteiger partial charge in [-0.05, 0) is 66.7 Å². The number of thiocarbonyl (C=S) groups is 1. The quantitative estimate of drug-likeness (QED) is 0.710. The lowest BCUT2D eigenvalue weighted by atomic mass is 9.87. The topological polar surface area (TPSA) is 44.4 Å². The van der Waals surface area contributed by atoms with Crippen molar-refractivity contribution in [2.45, 2.75) is 45.4 Å². The lowest BCUT2D eigenvalue weighted by Gasteiger charge is -2.30. The molecule has 148 valence electrons. The molecule has 2 aromatic rings. The van der Waals surface area contributed by atoms with E-state index in [0.29, 0.717) is 10.7 Å². The number of rotatable bonds is 3. The SMILES string of the molecule is CC(C)(C)c1ccc(C(=O)NC(=S)Nc2ccccc2N2CCCCC2)cc1. The third-order valence-corrected chi connectivity index (χ3v) is 5.29. The molecule has 2 aromatic carbocycles. The Morgan fingerprint density at radius 1 is 0.964 bits per heavy atom. The monoisotopic (exact) mass is 395 g/mol. The first-order chi connectivity index (χ1) is 13.3. The molecule has 1 heterocycles. The van der Waals surface area contributed by atoms with E-state index in [1.165, 1.54) is 24.8 Å². The van der Waals surface area contributed by atoms with Gasteiger partial charge in [0.05, 0.1) is 11.4 Å². The maximum Gasteiger partial charge on any atom is 0.257 e. The van der Waals surface area contributed by atoms with Crippen LogP contribution in [0.1, 0.15) is 56.0 Å². The van der Waals surface area contributed by atoms with Gasteiger partial charge in [0, 0.05) is 18.7 Å². The highest BCUT2D eigenvalue weighted by atomic mass is 32.1. The number of hydrogen-bond donors (Lipinski definition) is 2. The minimum Gasteiger partial charge on any atom is -0.370 e. The Labute approximate surface area is 173 Å². The van der Waals surface area contributed by atoms with Crippen molar-refractivity contribution in [1.29, 1.82) is 0 Å². The van der Waals surface area contributed by atoms with Crippen LogP contribution in [0.2, 0.25) is 0 Å². The van der Waals surface area contributed by atoms with Crippen LogP contribution in [0.5, 0.6) is 0 Å². The molecule has 2 N–H and O–H groups in total. The zero-order valence-electron chi connectivity index (χ0n) is 16.9. The molecule has 0 bridgehead atoms. The number of carbonyl (C=O) groups is 1.